The predicted molar refractivity (Wildman–Crippen MR) is 58.6 cm³/mol. The lowest BCUT2D eigenvalue weighted by molar-refractivity contribution is -0.133. The molecule has 4 heteroatoms. The van der Waals surface area contributed by atoms with Crippen LogP contribution in [-0.4, -0.2) is 11.5 Å². The van der Waals surface area contributed by atoms with Crippen LogP contribution in [0.5, 0.6) is 0 Å². The maximum absolute atomic E-state index is 13.4. The van der Waals surface area contributed by atoms with Crippen molar-refractivity contribution in [2.45, 2.75) is 20.0 Å². The van der Waals surface area contributed by atoms with Crippen LogP contribution in [0, 0.1) is 12.7 Å². The fourth-order valence-electron chi connectivity index (χ4n) is 1.88. The van der Waals surface area contributed by atoms with E-state index in [2.05, 4.69) is 4.98 Å². The molecule has 0 fully saturated rings. The number of H-pyrrole nitrogens is 1. The molecule has 0 saturated heterocycles. The summed E-state index contributed by atoms with van der Waals surface area (Å²) < 4.78 is 18.3. The Morgan fingerprint density at radius 2 is 2.25 bits per heavy atom. The van der Waals surface area contributed by atoms with E-state index in [1.165, 1.54) is 6.07 Å². The van der Waals surface area contributed by atoms with Gasteiger partial charge in [0, 0.05) is 22.7 Å². The molecule has 0 radical (unpaired) electrons. The number of hydrogen-bond acceptors (Lipinski definition) is 2. The van der Waals surface area contributed by atoms with Gasteiger partial charge in [0.1, 0.15) is 11.9 Å². The number of ether oxygens (including phenoxy) is 1. The minimum atomic E-state index is -0.383. The van der Waals surface area contributed by atoms with Crippen molar-refractivity contribution in [1.82, 2.24) is 4.98 Å². The van der Waals surface area contributed by atoms with Gasteiger partial charge in [-0.15, -0.1) is 0 Å². The van der Waals surface area contributed by atoms with Crippen molar-refractivity contribution >= 4 is 17.4 Å². The molecule has 16 heavy (non-hydrogen) atoms. The molecule has 1 heterocycles. The zero-order chi connectivity index (χ0) is 11.7. The molecule has 2 aromatic rings. The summed E-state index contributed by atoms with van der Waals surface area (Å²) in [6.45, 7) is 3.86. The van der Waals surface area contributed by atoms with Crippen molar-refractivity contribution in [1.29, 1.82) is 0 Å². The minimum absolute atomic E-state index is 0.258. The molecule has 1 unspecified atom stereocenters. The number of fused-ring (bicyclic) bond motifs is 1. The molecule has 2 rings (SSSR count). The lowest BCUT2D eigenvalue weighted by Gasteiger charge is -2.09. The van der Waals surface area contributed by atoms with Crippen LogP contribution < -0.4 is 0 Å². The number of carbonyl (C=O) groups excluding carboxylic acids is 1. The molecule has 84 valence electrons. The SMILES string of the molecule is Cc1c(F)ccc2[nH]cc(C(C)OC=O)c12. The molecular weight excluding hydrogens is 209 g/mol. The van der Waals surface area contributed by atoms with Gasteiger partial charge in [0.15, 0.2) is 0 Å². The van der Waals surface area contributed by atoms with E-state index in [0.717, 1.165) is 16.5 Å². The second-order valence-corrected chi connectivity index (χ2v) is 3.71. The van der Waals surface area contributed by atoms with Crippen molar-refractivity contribution < 1.29 is 13.9 Å². The minimum Gasteiger partial charge on any atom is -0.460 e. The Kier molecular flexibility index (Phi) is 2.64. The van der Waals surface area contributed by atoms with Crippen LogP contribution in [0.4, 0.5) is 4.39 Å². The van der Waals surface area contributed by atoms with Gasteiger partial charge in [-0.1, -0.05) is 0 Å². The van der Waals surface area contributed by atoms with Crippen molar-refractivity contribution in [3.63, 3.8) is 0 Å². The predicted octanol–water partition coefficient (Wildman–Crippen LogP) is 2.85. The second kappa shape index (κ2) is 3.96. The first-order valence-corrected chi connectivity index (χ1v) is 5.00. The number of nitrogens with one attached hydrogen (secondary N) is 1. The normalized spacial score (nSPS) is 12.7. The molecule has 0 aliphatic heterocycles. The van der Waals surface area contributed by atoms with Gasteiger partial charge in [-0.2, -0.15) is 0 Å². The quantitative estimate of drug-likeness (QED) is 0.810. The van der Waals surface area contributed by atoms with E-state index in [9.17, 15) is 9.18 Å². The second-order valence-electron chi connectivity index (χ2n) is 3.71. The Bertz CT molecular complexity index is 533. The standard InChI is InChI=1S/C12H12FNO2/c1-7-10(13)3-4-11-12(7)9(5-14-11)8(2)16-6-15/h3-6,8,14H,1-2H3. The molecular formula is C12H12FNO2. The van der Waals surface area contributed by atoms with Gasteiger partial charge < -0.3 is 9.72 Å². The maximum Gasteiger partial charge on any atom is 0.293 e. The summed E-state index contributed by atoms with van der Waals surface area (Å²) in [7, 11) is 0. The Balaban J connectivity index is 2.62. The molecule has 0 amide bonds. The molecule has 3 nitrogen and oxygen atoms in total. The third kappa shape index (κ3) is 1.56. The Morgan fingerprint density at radius 1 is 1.50 bits per heavy atom. The maximum atomic E-state index is 13.4. The first-order chi connectivity index (χ1) is 7.65. The summed E-state index contributed by atoms with van der Waals surface area (Å²) in [4.78, 5) is 13.3. The highest BCUT2D eigenvalue weighted by molar-refractivity contribution is 5.87. The highest BCUT2D eigenvalue weighted by Gasteiger charge is 2.15. The van der Waals surface area contributed by atoms with Gasteiger partial charge >= 0.3 is 0 Å². The summed E-state index contributed by atoms with van der Waals surface area (Å²) >= 11 is 0. The number of carbonyl (C=O) groups is 1. The van der Waals surface area contributed by atoms with E-state index in [-0.39, 0.29) is 11.9 Å². The van der Waals surface area contributed by atoms with Gasteiger partial charge in [0.25, 0.3) is 6.47 Å². The van der Waals surface area contributed by atoms with Crippen LogP contribution in [0.2, 0.25) is 0 Å². The average Bonchev–Trinajstić information content (AvgIpc) is 2.68. The van der Waals surface area contributed by atoms with Crippen LogP contribution in [-0.2, 0) is 9.53 Å². The van der Waals surface area contributed by atoms with Gasteiger partial charge in [0.2, 0.25) is 0 Å². The largest absolute Gasteiger partial charge is 0.460 e. The highest BCUT2D eigenvalue weighted by atomic mass is 19.1. The topological polar surface area (TPSA) is 42.1 Å². The monoisotopic (exact) mass is 221 g/mol. The van der Waals surface area contributed by atoms with E-state index in [4.69, 9.17) is 4.74 Å². The van der Waals surface area contributed by atoms with E-state index < -0.39 is 0 Å². The van der Waals surface area contributed by atoms with E-state index >= 15 is 0 Å². The van der Waals surface area contributed by atoms with Gasteiger partial charge in [-0.25, -0.2) is 4.39 Å². The first-order valence-electron chi connectivity index (χ1n) is 5.00. The average molecular weight is 221 g/mol. The van der Waals surface area contributed by atoms with Crippen molar-refractivity contribution in [2.24, 2.45) is 0 Å². The fraction of sp³-hybridized carbons (Fsp3) is 0.250. The van der Waals surface area contributed by atoms with Crippen LogP contribution in [0.25, 0.3) is 10.9 Å². The number of aromatic amines is 1. The summed E-state index contributed by atoms with van der Waals surface area (Å²) in [5, 5.41) is 0.786. The number of halogens is 1. The number of benzene rings is 1. The van der Waals surface area contributed by atoms with Gasteiger partial charge in [-0.3, -0.25) is 4.79 Å². The molecule has 0 bridgehead atoms. The van der Waals surface area contributed by atoms with Gasteiger partial charge in [-0.05, 0) is 31.5 Å². The van der Waals surface area contributed by atoms with Crippen LogP contribution in [0.1, 0.15) is 24.2 Å². The number of aryl methyl sites for hydroxylation is 1. The third-order valence-electron chi connectivity index (χ3n) is 2.77. The van der Waals surface area contributed by atoms with Gasteiger partial charge in [0.05, 0.1) is 0 Å². The van der Waals surface area contributed by atoms with Crippen LogP contribution >= 0.6 is 0 Å². The molecule has 1 N–H and O–H groups in total. The summed E-state index contributed by atoms with van der Waals surface area (Å²) in [6, 6.07) is 3.10. The number of hydrogen-bond donors (Lipinski definition) is 1. The number of aromatic nitrogens is 1. The molecule has 1 aromatic heterocycles. The van der Waals surface area contributed by atoms with E-state index in [1.807, 2.05) is 0 Å². The Morgan fingerprint density at radius 3 is 2.94 bits per heavy atom. The smallest absolute Gasteiger partial charge is 0.293 e. The lowest BCUT2D eigenvalue weighted by atomic mass is 10.0. The first kappa shape index (κ1) is 10.7. The molecule has 0 aliphatic carbocycles. The number of rotatable bonds is 3. The third-order valence-corrected chi connectivity index (χ3v) is 2.77. The van der Waals surface area contributed by atoms with Crippen LogP contribution in [0.15, 0.2) is 18.3 Å². The van der Waals surface area contributed by atoms with Crippen molar-refractivity contribution in [3.05, 3.63) is 35.3 Å². The summed E-state index contributed by atoms with van der Waals surface area (Å²) in [6.07, 6.45) is 1.36. The Hall–Kier alpha value is -1.84. The molecule has 0 saturated carbocycles. The van der Waals surface area contributed by atoms with Crippen molar-refractivity contribution in [2.75, 3.05) is 0 Å². The lowest BCUT2D eigenvalue weighted by Crippen LogP contribution is -1.98. The molecule has 0 aliphatic rings. The Labute approximate surface area is 92.2 Å². The molecule has 0 spiro atoms. The van der Waals surface area contributed by atoms with Crippen LogP contribution in [0.3, 0.4) is 0 Å². The zero-order valence-electron chi connectivity index (χ0n) is 9.08. The zero-order valence-corrected chi connectivity index (χ0v) is 9.08. The molecule has 1 aromatic carbocycles. The summed E-state index contributed by atoms with van der Waals surface area (Å²) in [5.41, 5.74) is 2.20. The van der Waals surface area contributed by atoms with Crippen molar-refractivity contribution in [3.8, 4) is 0 Å². The summed E-state index contributed by atoms with van der Waals surface area (Å²) in [5.74, 6) is -0.258. The van der Waals surface area contributed by atoms with E-state index in [0.29, 0.717) is 12.0 Å². The fourth-order valence-corrected chi connectivity index (χ4v) is 1.88. The van der Waals surface area contributed by atoms with E-state index in [1.54, 1.807) is 26.1 Å². The molecule has 1 atom stereocenters. The highest BCUT2D eigenvalue weighted by Crippen LogP contribution is 2.29.